The van der Waals surface area contributed by atoms with E-state index in [1.165, 1.54) is 17.2 Å². The number of hydrogen-bond donors (Lipinski definition) is 1. The Labute approximate surface area is 116 Å². The molecule has 0 saturated heterocycles. The van der Waals surface area contributed by atoms with Gasteiger partial charge < -0.3 is 5.11 Å². The highest BCUT2D eigenvalue weighted by atomic mass is 35.5. The molecule has 98 valence electrons. The third kappa shape index (κ3) is 2.26. The molecular weight excluding hydrogens is 263 g/mol. The van der Waals surface area contributed by atoms with Crippen molar-refractivity contribution in [2.45, 2.75) is 24.9 Å². The lowest BCUT2D eigenvalue weighted by atomic mass is 9.73. The van der Waals surface area contributed by atoms with Crippen LogP contribution in [0.1, 0.15) is 22.6 Å². The average molecular weight is 277 g/mol. The van der Waals surface area contributed by atoms with Crippen molar-refractivity contribution in [2.75, 3.05) is 0 Å². The summed E-state index contributed by atoms with van der Waals surface area (Å²) in [6, 6.07) is 12.7. The summed E-state index contributed by atoms with van der Waals surface area (Å²) >= 11 is 5.99. The number of aliphatic hydroxyl groups is 1. The fourth-order valence-electron chi connectivity index (χ4n) is 2.72. The monoisotopic (exact) mass is 276 g/mol. The SMILES string of the molecule is OC(Cc1c(F)cccc1Cl)C1Cc2ccccc21. The molecule has 2 atom stereocenters. The smallest absolute Gasteiger partial charge is 0.127 e. The van der Waals surface area contributed by atoms with E-state index in [0.717, 1.165) is 6.42 Å². The molecule has 1 nitrogen and oxygen atoms in total. The number of rotatable bonds is 3. The van der Waals surface area contributed by atoms with Crippen molar-refractivity contribution >= 4 is 11.6 Å². The van der Waals surface area contributed by atoms with E-state index in [1.54, 1.807) is 12.1 Å². The largest absolute Gasteiger partial charge is 0.392 e. The molecule has 0 aromatic heterocycles. The molecule has 2 unspecified atom stereocenters. The minimum absolute atomic E-state index is 0.0897. The number of benzene rings is 2. The van der Waals surface area contributed by atoms with Gasteiger partial charge in [-0.15, -0.1) is 0 Å². The fourth-order valence-corrected chi connectivity index (χ4v) is 2.96. The second-order valence-corrected chi connectivity index (χ2v) is 5.39. The van der Waals surface area contributed by atoms with Crippen molar-refractivity contribution in [1.29, 1.82) is 0 Å². The van der Waals surface area contributed by atoms with E-state index in [9.17, 15) is 9.50 Å². The number of fused-ring (bicyclic) bond motifs is 1. The van der Waals surface area contributed by atoms with Gasteiger partial charge in [0.15, 0.2) is 0 Å². The predicted octanol–water partition coefficient (Wildman–Crippen LogP) is 3.72. The average Bonchev–Trinajstić information content (AvgIpc) is 2.35. The van der Waals surface area contributed by atoms with E-state index in [-0.39, 0.29) is 18.2 Å². The zero-order valence-electron chi connectivity index (χ0n) is 10.3. The minimum Gasteiger partial charge on any atom is -0.392 e. The van der Waals surface area contributed by atoms with Crippen LogP contribution in [0, 0.1) is 5.82 Å². The van der Waals surface area contributed by atoms with Crippen LogP contribution in [-0.4, -0.2) is 11.2 Å². The third-order valence-electron chi connectivity index (χ3n) is 3.83. The van der Waals surface area contributed by atoms with Crippen LogP contribution in [0.4, 0.5) is 4.39 Å². The molecule has 0 fully saturated rings. The standard InChI is InChI=1S/C16H14ClFO/c17-14-6-3-7-15(18)13(14)9-16(19)12-8-10-4-1-2-5-11(10)12/h1-7,12,16,19H,8-9H2. The van der Waals surface area contributed by atoms with Crippen molar-refractivity contribution in [2.24, 2.45) is 0 Å². The molecule has 0 saturated carbocycles. The summed E-state index contributed by atoms with van der Waals surface area (Å²) in [6.07, 6.45) is 0.512. The Kier molecular flexibility index (Phi) is 3.29. The van der Waals surface area contributed by atoms with E-state index in [0.29, 0.717) is 10.6 Å². The maximum absolute atomic E-state index is 13.7. The van der Waals surface area contributed by atoms with Crippen LogP contribution in [0.2, 0.25) is 5.02 Å². The highest BCUT2D eigenvalue weighted by molar-refractivity contribution is 6.31. The van der Waals surface area contributed by atoms with Gasteiger partial charge in [-0.05, 0) is 29.7 Å². The van der Waals surface area contributed by atoms with E-state index in [4.69, 9.17) is 11.6 Å². The Morgan fingerprint density at radius 1 is 1.21 bits per heavy atom. The van der Waals surface area contributed by atoms with Crippen molar-refractivity contribution in [3.05, 3.63) is 70.0 Å². The number of hydrogen-bond acceptors (Lipinski definition) is 1. The molecule has 2 aromatic carbocycles. The summed E-state index contributed by atoms with van der Waals surface area (Å²) in [4.78, 5) is 0. The second-order valence-electron chi connectivity index (χ2n) is 4.98. The Balaban J connectivity index is 1.79. The van der Waals surface area contributed by atoms with Gasteiger partial charge in [0.1, 0.15) is 5.82 Å². The van der Waals surface area contributed by atoms with E-state index >= 15 is 0 Å². The maximum Gasteiger partial charge on any atom is 0.127 e. The molecule has 1 aliphatic carbocycles. The first kappa shape index (κ1) is 12.6. The van der Waals surface area contributed by atoms with Gasteiger partial charge in [-0.3, -0.25) is 0 Å². The molecule has 19 heavy (non-hydrogen) atoms. The van der Waals surface area contributed by atoms with E-state index in [2.05, 4.69) is 6.07 Å². The first-order valence-corrected chi connectivity index (χ1v) is 6.73. The van der Waals surface area contributed by atoms with Gasteiger partial charge in [0.05, 0.1) is 6.10 Å². The van der Waals surface area contributed by atoms with Gasteiger partial charge in [0, 0.05) is 22.9 Å². The van der Waals surface area contributed by atoms with Crippen LogP contribution < -0.4 is 0 Å². The zero-order valence-corrected chi connectivity index (χ0v) is 11.1. The molecule has 1 N–H and O–H groups in total. The molecular formula is C16H14ClFO. The van der Waals surface area contributed by atoms with Crippen LogP contribution in [0.25, 0.3) is 0 Å². The van der Waals surface area contributed by atoms with Crippen molar-refractivity contribution in [3.8, 4) is 0 Å². The summed E-state index contributed by atoms with van der Waals surface area (Å²) in [6.45, 7) is 0. The summed E-state index contributed by atoms with van der Waals surface area (Å²) < 4.78 is 13.7. The number of halogens is 2. The lowest BCUT2D eigenvalue weighted by Crippen LogP contribution is -2.30. The quantitative estimate of drug-likeness (QED) is 0.906. The molecule has 3 rings (SSSR count). The number of aliphatic hydroxyl groups excluding tert-OH is 1. The highest BCUT2D eigenvalue weighted by Gasteiger charge is 2.32. The van der Waals surface area contributed by atoms with Crippen LogP contribution in [-0.2, 0) is 12.8 Å². The van der Waals surface area contributed by atoms with Crippen LogP contribution in [0.5, 0.6) is 0 Å². The minimum atomic E-state index is -0.593. The summed E-state index contributed by atoms with van der Waals surface area (Å²) in [7, 11) is 0. The fraction of sp³-hybridized carbons (Fsp3) is 0.250. The second kappa shape index (κ2) is 4.95. The highest BCUT2D eigenvalue weighted by Crippen LogP contribution is 2.38. The normalized spacial score (nSPS) is 18.6. The van der Waals surface area contributed by atoms with Gasteiger partial charge in [-0.25, -0.2) is 4.39 Å². The molecule has 1 aliphatic rings. The van der Waals surface area contributed by atoms with Crippen LogP contribution in [0.3, 0.4) is 0 Å². The molecule has 0 radical (unpaired) electrons. The molecule has 0 spiro atoms. The lowest BCUT2D eigenvalue weighted by Gasteiger charge is -2.34. The van der Waals surface area contributed by atoms with Crippen LogP contribution in [0.15, 0.2) is 42.5 Å². The first-order valence-electron chi connectivity index (χ1n) is 6.35. The molecule has 0 aliphatic heterocycles. The Morgan fingerprint density at radius 2 is 2.00 bits per heavy atom. The summed E-state index contributed by atoms with van der Waals surface area (Å²) in [5.74, 6) is -0.258. The first-order chi connectivity index (χ1) is 9.16. The third-order valence-corrected chi connectivity index (χ3v) is 4.19. The van der Waals surface area contributed by atoms with E-state index < -0.39 is 6.10 Å². The molecule has 0 bridgehead atoms. The molecule has 3 heteroatoms. The van der Waals surface area contributed by atoms with Gasteiger partial charge in [-0.2, -0.15) is 0 Å². The van der Waals surface area contributed by atoms with Gasteiger partial charge in [-0.1, -0.05) is 41.9 Å². The van der Waals surface area contributed by atoms with Crippen LogP contribution >= 0.6 is 11.6 Å². The maximum atomic E-state index is 13.7. The lowest BCUT2D eigenvalue weighted by molar-refractivity contribution is 0.132. The van der Waals surface area contributed by atoms with E-state index in [1.807, 2.05) is 18.2 Å². The Hall–Kier alpha value is -1.38. The van der Waals surface area contributed by atoms with Gasteiger partial charge in [0.25, 0.3) is 0 Å². The topological polar surface area (TPSA) is 20.2 Å². The molecule has 0 heterocycles. The summed E-state index contributed by atoms with van der Waals surface area (Å²) in [5.41, 5.74) is 2.84. The summed E-state index contributed by atoms with van der Waals surface area (Å²) in [5, 5.41) is 10.7. The van der Waals surface area contributed by atoms with Gasteiger partial charge >= 0.3 is 0 Å². The van der Waals surface area contributed by atoms with Crippen molar-refractivity contribution in [1.82, 2.24) is 0 Å². The van der Waals surface area contributed by atoms with Crippen molar-refractivity contribution in [3.63, 3.8) is 0 Å². The Bertz CT molecular complexity index is 591. The molecule has 0 amide bonds. The van der Waals surface area contributed by atoms with Gasteiger partial charge in [0.2, 0.25) is 0 Å². The Morgan fingerprint density at radius 3 is 2.74 bits per heavy atom. The predicted molar refractivity (Wildman–Crippen MR) is 74.0 cm³/mol. The van der Waals surface area contributed by atoms with Crippen molar-refractivity contribution < 1.29 is 9.50 Å². The molecule has 2 aromatic rings. The zero-order chi connectivity index (χ0) is 13.4.